The maximum atomic E-state index is 12.7. The Hall–Kier alpha value is -2.90. The molecule has 2 heterocycles. The molecule has 0 aromatic heterocycles. The van der Waals surface area contributed by atoms with Gasteiger partial charge in [0.15, 0.2) is 0 Å². The molecule has 2 aliphatic rings. The zero-order chi connectivity index (χ0) is 24.5. The van der Waals surface area contributed by atoms with Crippen LogP contribution in [0.25, 0.3) is 0 Å². The SMILES string of the molecule is CN(CCOc1cccc(CNC(=O)C2CC(=O)N(CCc3ccccc3)C2)c1)C1CCOCC1. The summed E-state index contributed by atoms with van der Waals surface area (Å²) in [4.78, 5) is 29.3. The molecule has 2 aromatic rings. The zero-order valence-electron chi connectivity index (χ0n) is 20.7. The number of rotatable bonds is 11. The molecule has 0 spiro atoms. The highest BCUT2D eigenvalue weighted by molar-refractivity contribution is 5.89. The molecule has 1 N–H and O–H groups in total. The van der Waals surface area contributed by atoms with E-state index in [4.69, 9.17) is 9.47 Å². The van der Waals surface area contributed by atoms with E-state index in [1.54, 1.807) is 0 Å². The Balaban J connectivity index is 1.18. The van der Waals surface area contributed by atoms with E-state index in [0.29, 0.717) is 32.3 Å². The van der Waals surface area contributed by atoms with Crippen molar-refractivity contribution in [3.05, 3.63) is 65.7 Å². The first-order valence-electron chi connectivity index (χ1n) is 12.7. The largest absolute Gasteiger partial charge is 0.492 e. The number of amides is 2. The van der Waals surface area contributed by atoms with Gasteiger partial charge in [0.05, 0.1) is 5.92 Å². The first kappa shape index (κ1) is 25.2. The quantitative estimate of drug-likeness (QED) is 0.537. The third-order valence-electron chi connectivity index (χ3n) is 6.99. The van der Waals surface area contributed by atoms with Crippen LogP contribution in [-0.4, -0.2) is 74.2 Å². The lowest BCUT2D eigenvalue weighted by Crippen LogP contribution is -2.38. The van der Waals surface area contributed by atoms with Crippen molar-refractivity contribution in [2.24, 2.45) is 5.92 Å². The zero-order valence-corrected chi connectivity index (χ0v) is 20.7. The van der Waals surface area contributed by atoms with Gasteiger partial charge in [-0.25, -0.2) is 0 Å². The lowest BCUT2D eigenvalue weighted by atomic mass is 10.1. The van der Waals surface area contributed by atoms with Crippen molar-refractivity contribution in [2.45, 2.75) is 38.3 Å². The van der Waals surface area contributed by atoms with E-state index >= 15 is 0 Å². The van der Waals surface area contributed by atoms with Crippen LogP contribution in [0.5, 0.6) is 5.75 Å². The molecule has 0 aliphatic carbocycles. The molecular formula is C28H37N3O4. The summed E-state index contributed by atoms with van der Waals surface area (Å²) >= 11 is 0. The number of carbonyl (C=O) groups excluding carboxylic acids is 2. The molecule has 2 aromatic carbocycles. The van der Waals surface area contributed by atoms with Crippen molar-refractivity contribution in [3.63, 3.8) is 0 Å². The predicted octanol–water partition coefficient (Wildman–Crippen LogP) is 2.88. The minimum Gasteiger partial charge on any atom is -0.492 e. The number of benzene rings is 2. The molecule has 4 rings (SSSR count). The van der Waals surface area contributed by atoms with E-state index in [1.165, 1.54) is 5.56 Å². The molecule has 7 nitrogen and oxygen atoms in total. The molecule has 2 saturated heterocycles. The maximum Gasteiger partial charge on any atom is 0.225 e. The Bertz CT molecular complexity index is 962. The van der Waals surface area contributed by atoms with Crippen LogP contribution < -0.4 is 10.1 Å². The summed E-state index contributed by atoms with van der Waals surface area (Å²) in [5.41, 5.74) is 2.18. The summed E-state index contributed by atoms with van der Waals surface area (Å²) in [7, 11) is 2.14. The van der Waals surface area contributed by atoms with Crippen molar-refractivity contribution in [3.8, 4) is 5.75 Å². The number of ether oxygens (including phenoxy) is 2. The number of likely N-dealkylation sites (tertiary alicyclic amines) is 1. The minimum atomic E-state index is -0.293. The molecule has 1 atom stereocenters. The predicted molar refractivity (Wildman–Crippen MR) is 135 cm³/mol. The van der Waals surface area contributed by atoms with E-state index in [9.17, 15) is 9.59 Å². The van der Waals surface area contributed by atoms with Gasteiger partial charge in [0.2, 0.25) is 11.8 Å². The van der Waals surface area contributed by atoms with Gasteiger partial charge in [-0.2, -0.15) is 0 Å². The Morgan fingerprint density at radius 2 is 1.89 bits per heavy atom. The fourth-order valence-corrected chi connectivity index (χ4v) is 4.77. The summed E-state index contributed by atoms with van der Waals surface area (Å²) < 4.78 is 11.4. The molecule has 35 heavy (non-hydrogen) atoms. The smallest absolute Gasteiger partial charge is 0.225 e. The van der Waals surface area contributed by atoms with Crippen LogP contribution >= 0.6 is 0 Å². The van der Waals surface area contributed by atoms with Crippen molar-refractivity contribution in [1.29, 1.82) is 0 Å². The normalized spacial score (nSPS) is 18.7. The number of nitrogens with one attached hydrogen (secondary N) is 1. The third-order valence-corrected chi connectivity index (χ3v) is 6.99. The fraction of sp³-hybridized carbons (Fsp3) is 0.500. The van der Waals surface area contributed by atoms with Gasteiger partial charge in [-0.1, -0.05) is 42.5 Å². The van der Waals surface area contributed by atoms with Crippen LogP contribution in [0.4, 0.5) is 0 Å². The molecular weight excluding hydrogens is 442 g/mol. The number of carbonyl (C=O) groups is 2. The average molecular weight is 480 g/mol. The monoisotopic (exact) mass is 479 g/mol. The van der Waals surface area contributed by atoms with Crippen LogP contribution in [0.2, 0.25) is 0 Å². The van der Waals surface area contributed by atoms with E-state index in [-0.39, 0.29) is 24.2 Å². The summed E-state index contributed by atoms with van der Waals surface area (Å²) in [5.74, 6) is 0.505. The van der Waals surface area contributed by atoms with Crippen molar-refractivity contribution >= 4 is 11.8 Å². The van der Waals surface area contributed by atoms with Crippen LogP contribution in [0, 0.1) is 5.92 Å². The second-order valence-electron chi connectivity index (χ2n) is 9.51. The lowest BCUT2D eigenvalue weighted by molar-refractivity contribution is -0.129. The van der Waals surface area contributed by atoms with E-state index in [2.05, 4.69) is 29.4 Å². The van der Waals surface area contributed by atoms with E-state index < -0.39 is 0 Å². The molecule has 0 saturated carbocycles. The molecule has 0 bridgehead atoms. The van der Waals surface area contributed by atoms with Gasteiger partial charge in [0.25, 0.3) is 0 Å². The highest BCUT2D eigenvalue weighted by atomic mass is 16.5. The van der Waals surface area contributed by atoms with Gasteiger partial charge >= 0.3 is 0 Å². The molecule has 2 amide bonds. The Morgan fingerprint density at radius 1 is 1.11 bits per heavy atom. The van der Waals surface area contributed by atoms with Crippen LogP contribution in [0.3, 0.4) is 0 Å². The number of nitrogens with zero attached hydrogens (tertiary/aromatic N) is 2. The van der Waals surface area contributed by atoms with E-state index in [1.807, 2.05) is 47.4 Å². The minimum absolute atomic E-state index is 0.0576. The highest BCUT2D eigenvalue weighted by Gasteiger charge is 2.33. The molecule has 2 fully saturated rings. The third kappa shape index (κ3) is 7.54. The standard InChI is InChI=1S/C28H37N3O4/c1-30(25-11-15-34-16-12-25)14-17-35-26-9-5-8-23(18-26)20-29-28(33)24-19-27(32)31(21-24)13-10-22-6-3-2-4-7-22/h2-9,18,24-25H,10-17,19-21H2,1H3,(H,29,33). The summed E-state index contributed by atoms with van der Waals surface area (Å²) in [5, 5.41) is 3.01. The van der Waals surface area contributed by atoms with Gasteiger partial charge in [-0.05, 0) is 49.6 Å². The van der Waals surface area contributed by atoms with Gasteiger partial charge < -0.3 is 19.7 Å². The van der Waals surface area contributed by atoms with Crippen molar-refractivity contribution < 1.29 is 19.1 Å². The number of hydrogen-bond donors (Lipinski definition) is 1. The topological polar surface area (TPSA) is 71.1 Å². The Labute approximate surface area is 208 Å². The summed E-state index contributed by atoms with van der Waals surface area (Å²) in [6, 6.07) is 18.5. The first-order valence-corrected chi connectivity index (χ1v) is 12.7. The van der Waals surface area contributed by atoms with Gasteiger partial charge in [0, 0.05) is 51.9 Å². The summed E-state index contributed by atoms with van der Waals surface area (Å²) in [6.07, 6.45) is 3.23. The maximum absolute atomic E-state index is 12.7. The van der Waals surface area contributed by atoms with Crippen LogP contribution in [0.15, 0.2) is 54.6 Å². The molecule has 7 heteroatoms. The Morgan fingerprint density at radius 3 is 2.69 bits per heavy atom. The van der Waals surface area contributed by atoms with Gasteiger partial charge in [-0.3, -0.25) is 14.5 Å². The first-order chi connectivity index (χ1) is 17.1. The van der Waals surface area contributed by atoms with E-state index in [0.717, 1.165) is 50.3 Å². The lowest BCUT2D eigenvalue weighted by Gasteiger charge is -2.31. The second-order valence-corrected chi connectivity index (χ2v) is 9.51. The molecule has 1 unspecified atom stereocenters. The van der Waals surface area contributed by atoms with Crippen LogP contribution in [0.1, 0.15) is 30.4 Å². The average Bonchev–Trinajstić information content (AvgIpc) is 3.28. The van der Waals surface area contributed by atoms with Crippen molar-refractivity contribution in [2.75, 3.05) is 46.5 Å². The highest BCUT2D eigenvalue weighted by Crippen LogP contribution is 2.20. The number of likely N-dealkylation sites (N-methyl/N-ethyl adjacent to an activating group) is 1. The molecule has 0 radical (unpaired) electrons. The van der Waals surface area contributed by atoms with Crippen LogP contribution in [-0.2, 0) is 27.3 Å². The summed E-state index contributed by atoms with van der Waals surface area (Å²) in [6.45, 7) is 4.72. The number of hydrogen-bond acceptors (Lipinski definition) is 5. The molecule has 2 aliphatic heterocycles. The fourth-order valence-electron chi connectivity index (χ4n) is 4.77. The van der Waals surface area contributed by atoms with Gasteiger partial charge in [-0.15, -0.1) is 0 Å². The van der Waals surface area contributed by atoms with Gasteiger partial charge in [0.1, 0.15) is 12.4 Å². The van der Waals surface area contributed by atoms with Crippen molar-refractivity contribution in [1.82, 2.24) is 15.1 Å². The second kappa shape index (κ2) is 12.7. The Kier molecular flexibility index (Phi) is 9.15. The molecule has 188 valence electrons.